The maximum atomic E-state index is 13.3. The van der Waals surface area contributed by atoms with Gasteiger partial charge in [0, 0.05) is 18.0 Å². The average Bonchev–Trinajstić information content (AvgIpc) is 3.00. The topological polar surface area (TPSA) is 145 Å². The fourth-order valence-corrected chi connectivity index (χ4v) is 2.73. The summed E-state index contributed by atoms with van der Waals surface area (Å²) in [6, 6.07) is 4.21. The van der Waals surface area contributed by atoms with Crippen LogP contribution in [0, 0.1) is 11.2 Å². The third kappa shape index (κ3) is 4.83. The first-order chi connectivity index (χ1) is 11.5. The highest BCUT2D eigenvalue weighted by molar-refractivity contribution is 9.10. The zero-order valence-corrected chi connectivity index (χ0v) is 14.5. The standard InChI is InChI=1S/C12H13BrFN7O2S/c13-7-5-6(1-2-8(7)14)18-10(19-22)9-11(21-23-20-9)24-4-3-17-12(15)16/h1-2,5,22H,3-4H2,(H,18,19)(H4,15,16,17). The van der Waals surface area contributed by atoms with Crippen LogP contribution < -0.4 is 16.4 Å². The summed E-state index contributed by atoms with van der Waals surface area (Å²) in [6.07, 6.45) is 0. The fourth-order valence-electron chi connectivity index (χ4n) is 1.60. The Kier molecular flexibility index (Phi) is 6.37. The number of halogens is 2. The predicted octanol–water partition coefficient (Wildman–Crippen LogP) is 1.79. The number of benzene rings is 1. The van der Waals surface area contributed by atoms with Gasteiger partial charge >= 0.3 is 0 Å². The van der Waals surface area contributed by atoms with E-state index < -0.39 is 5.82 Å². The molecule has 128 valence electrons. The van der Waals surface area contributed by atoms with Crippen LogP contribution in [0.15, 0.2) is 37.5 Å². The molecule has 2 aromatic rings. The summed E-state index contributed by atoms with van der Waals surface area (Å²) in [4.78, 5) is 0. The number of nitrogens with one attached hydrogen (secondary N) is 3. The van der Waals surface area contributed by atoms with E-state index in [0.717, 1.165) is 0 Å². The van der Waals surface area contributed by atoms with E-state index in [1.807, 2.05) is 0 Å². The molecule has 0 bridgehead atoms. The minimum Gasteiger partial charge on any atom is -0.409 e. The van der Waals surface area contributed by atoms with Crippen LogP contribution in [0.4, 0.5) is 10.1 Å². The Balaban J connectivity index is 2.07. The van der Waals surface area contributed by atoms with Gasteiger partial charge in [-0.25, -0.2) is 9.02 Å². The van der Waals surface area contributed by atoms with E-state index in [2.05, 4.69) is 46.7 Å². The SMILES string of the molecule is N=C(N)NCCSc1nonc1C(=NO)Nc1ccc(F)c(Br)c1. The van der Waals surface area contributed by atoms with Gasteiger partial charge in [-0.1, -0.05) is 16.9 Å². The molecule has 2 rings (SSSR count). The van der Waals surface area contributed by atoms with Crippen LogP contribution in [0.2, 0.25) is 0 Å². The number of thioether (sulfide) groups is 1. The highest BCUT2D eigenvalue weighted by atomic mass is 79.9. The van der Waals surface area contributed by atoms with Crippen LogP contribution in [-0.2, 0) is 0 Å². The summed E-state index contributed by atoms with van der Waals surface area (Å²) < 4.78 is 18.2. The molecule has 0 aliphatic heterocycles. The van der Waals surface area contributed by atoms with Crippen molar-refractivity contribution in [1.29, 1.82) is 5.41 Å². The Hall–Kier alpha value is -2.34. The average molecular weight is 418 g/mol. The zero-order valence-electron chi connectivity index (χ0n) is 12.1. The van der Waals surface area contributed by atoms with Crippen molar-refractivity contribution < 1.29 is 14.2 Å². The molecular formula is C12H13BrFN7O2S. The molecular weight excluding hydrogens is 405 g/mol. The Morgan fingerprint density at radius 1 is 1.50 bits per heavy atom. The van der Waals surface area contributed by atoms with Crippen molar-refractivity contribution in [2.24, 2.45) is 10.9 Å². The largest absolute Gasteiger partial charge is 0.409 e. The summed E-state index contributed by atoms with van der Waals surface area (Å²) >= 11 is 4.34. The van der Waals surface area contributed by atoms with Gasteiger partial charge in [0.15, 0.2) is 16.7 Å². The van der Waals surface area contributed by atoms with E-state index in [4.69, 9.17) is 11.1 Å². The van der Waals surface area contributed by atoms with Gasteiger partial charge in [0.25, 0.3) is 0 Å². The highest BCUT2D eigenvalue weighted by Crippen LogP contribution is 2.23. The number of oxime groups is 1. The molecule has 12 heteroatoms. The second-order valence-corrected chi connectivity index (χ2v) is 6.25. The van der Waals surface area contributed by atoms with Crippen LogP contribution >= 0.6 is 27.7 Å². The number of guanidine groups is 1. The van der Waals surface area contributed by atoms with Crippen molar-refractivity contribution in [1.82, 2.24) is 15.6 Å². The van der Waals surface area contributed by atoms with Crippen LogP contribution in [0.3, 0.4) is 0 Å². The van der Waals surface area contributed by atoms with Gasteiger partial charge in [-0.3, -0.25) is 5.41 Å². The van der Waals surface area contributed by atoms with Crippen molar-refractivity contribution in [3.05, 3.63) is 34.2 Å². The lowest BCUT2D eigenvalue weighted by molar-refractivity contribution is 0.297. The fraction of sp³-hybridized carbons (Fsp3) is 0.167. The van der Waals surface area contributed by atoms with E-state index in [9.17, 15) is 9.60 Å². The van der Waals surface area contributed by atoms with Crippen molar-refractivity contribution in [2.45, 2.75) is 5.03 Å². The summed E-state index contributed by atoms with van der Waals surface area (Å²) in [6.45, 7) is 0.441. The molecule has 0 amide bonds. The third-order valence-electron chi connectivity index (χ3n) is 2.62. The Morgan fingerprint density at radius 2 is 2.29 bits per heavy atom. The molecule has 24 heavy (non-hydrogen) atoms. The number of hydrogen-bond donors (Lipinski definition) is 5. The van der Waals surface area contributed by atoms with Gasteiger partial charge in [-0.05, 0) is 44.4 Å². The first-order valence-electron chi connectivity index (χ1n) is 6.49. The first kappa shape index (κ1) is 18.0. The summed E-state index contributed by atoms with van der Waals surface area (Å²) in [5.41, 5.74) is 5.86. The lowest BCUT2D eigenvalue weighted by Gasteiger charge is -2.07. The van der Waals surface area contributed by atoms with E-state index in [-0.39, 0.29) is 22.0 Å². The minimum atomic E-state index is -0.416. The van der Waals surface area contributed by atoms with E-state index in [0.29, 0.717) is 23.0 Å². The second-order valence-electron chi connectivity index (χ2n) is 4.31. The maximum absolute atomic E-state index is 13.3. The molecule has 1 aromatic carbocycles. The van der Waals surface area contributed by atoms with Gasteiger partial charge in [0.1, 0.15) is 5.82 Å². The lowest BCUT2D eigenvalue weighted by atomic mass is 10.3. The van der Waals surface area contributed by atoms with Crippen LogP contribution in [0.1, 0.15) is 5.69 Å². The van der Waals surface area contributed by atoms with Gasteiger partial charge in [-0.2, -0.15) is 0 Å². The minimum absolute atomic E-state index is 0.00298. The normalized spacial score (nSPS) is 11.3. The molecule has 1 heterocycles. The molecule has 0 spiro atoms. The number of amidine groups is 1. The lowest BCUT2D eigenvalue weighted by Crippen LogP contribution is -2.31. The summed E-state index contributed by atoms with van der Waals surface area (Å²) in [7, 11) is 0. The zero-order chi connectivity index (χ0) is 17.5. The molecule has 1 aromatic heterocycles. The summed E-state index contributed by atoms with van der Waals surface area (Å²) in [5, 5.41) is 32.7. The molecule has 0 unspecified atom stereocenters. The smallest absolute Gasteiger partial charge is 0.202 e. The van der Waals surface area contributed by atoms with Crippen molar-refractivity contribution in [3.63, 3.8) is 0 Å². The number of aromatic nitrogens is 2. The van der Waals surface area contributed by atoms with Crippen LogP contribution in [0.5, 0.6) is 0 Å². The number of rotatable bonds is 6. The molecule has 0 aliphatic carbocycles. The van der Waals surface area contributed by atoms with Crippen LogP contribution in [-0.4, -0.2) is 39.6 Å². The van der Waals surface area contributed by atoms with E-state index in [1.165, 1.54) is 30.0 Å². The number of nitrogens with two attached hydrogens (primary N) is 1. The van der Waals surface area contributed by atoms with Gasteiger partial charge in [-0.15, -0.1) is 0 Å². The highest BCUT2D eigenvalue weighted by Gasteiger charge is 2.18. The van der Waals surface area contributed by atoms with Gasteiger partial charge < -0.3 is 21.6 Å². The molecule has 0 fully saturated rings. The van der Waals surface area contributed by atoms with Crippen molar-refractivity contribution >= 4 is 45.2 Å². The Morgan fingerprint density at radius 3 is 2.96 bits per heavy atom. The van der Waals surface area contributed by atoms with E-state index in [1.54, 1.807) is 0 Å². The number of hydrogen-bond acceptors (Lipinski definition) is 7. The van der Waals surface area contributed by atoms with Crippen molar-refractivity contribution in [3.8, 4) is 0 Å². The number of nitrogens with zero attached hydrogens (tertiary/aromatic N) is 3. The molecule has 6 N–H and O–H groups in total. The van der Waals surface area contributed by atoms with Crippen LogP contribution in [0.25, 0.3) is 0 Å². The Bertz CT molecular complexity index is 755. The molecule has 0 saturated heterocycles. The third-order valence-corrected chi connectivity index (χ3v) is 4.18. The summed E-state index contributed by atoms with van der Waals surface area (Å²) in [5.74, 6) is -0.0193. The van der Waals surface area contributed by atoms with E-state index >= 15 is 0 Å². The van der Waals surface area contributed by atoms with Gasteiger partial charge in [0.2, 0.25) is 5.84 Å². The number of anilines is 1. The Labute approximate surface area is 148 Å². The first-order valence-corrected chi connectivity index (χ1v) is 8.27. The monoisotopic (exact) mass is 417 g/mol. The maximum Gasteiger partial charge on any atom is 0.202 e. The molecule has 0 radical (unpaired) electrons. The second kappa shape index (κ2) is 8.49. The van der Waals surface area contributed by atoms with Gasteiger partial charge in [0.05, 0.1) is 4.47 Å². The molecule has 0 aliphatic rings. The predicted molar refractivity (Wildman–Crippen MR) is 91.0 cm³/mol. The van der Waals surface area contributed by atoms with Crippen molar-refractivity contribution in [2.75, 3.05) is 17.6 Å². The molecule has 9 nitrogen and oxygen atoms in total. The molecule has 0 saturated carbocycles. The molecule has 0 atom stereocenters. The quantitative estimate of drug-likeness (QED) is 0.119.